The zero-order valence-corrected chi connectivity index (χ0v) is 26.6. The first-order valence-electron chi connectivity index (χ1n) is 15.2. The van der Waals surface area contributed by atoms with Crippen LogP contribution in [-0.2, 0) is 30.7 Å². The number of benzene rings is 2. The van der Waals surface area contributed by atoms with Crippen molar-refractivity contribution in [1.82, 2.24) is 9.62 Å². The van der Waals surface area contributed by atoms with E-state index in [-0.39, 0.29) is 55.7 Å². The van der Waals surface area contributed by atoms with Gasteiger partial charge in [0, 0.05) is 25.2 Å². The molecule has 0 bridgehead atoms. The van der Waals surface area contributed by atoms with E-state index >= 15 is 0 Å². The lowest BCUT2D eigenvalue weighted by atomic mass is 10.0. The first-order valence-corrected chi connectivity index (χ1v) is 16.7. The summed E-state index contributed by atoms with van der Waals surface area (Å²) in [6.45, 7) is 6.60. The van der Waals surface area contributed by atoms with Gasteiger partial charge in [-0.3, -0.25) is 0 Å². The first kappa shape index (κ1) is 33.2. The summed E-state index contributed by atoms with van der Waals surface area (Å²) in [5.74, 6) is 1.32. The van der Waals surface area contributed by atoms with Crippen LogP contribution in [-0.4, -0.2) is 94.2 Å². The van der Waals surface area contributed by atoms with Crippen LogP contribution in [0.15, 0.2) is 47.4 Å². The number of carbonyl (C=O) groups excluding carboxylic acids is 1. The third kappa shape index (κ3) is 8.37. The molecule has 1 amide bonds. The molecule has 248 valence electrons. The number of sulfonamides is 1. The Balaban J connectivity index is 1.33. The van der Waals surface area contributed by atoms with Crippen molar-refractivity contribution in [1.29, 1.82) is 0 Å². The normalized spacial score (nSPS) is 22.7. The molecule has 0 saturated carbocycles. The molecule has 14 heteroatoms. The zero-order valence-electron chi connectivity index (χ0n) is 25.8. The lowest BCUT2D eigenvalue weighted by molar-refractivity contribution is -0.0907. The van der Waals surface area contributed by atoms with Crippen LogP contribution in [0.2, 0.25) is 0 Å². The van der Waals surface area contributed by atoms with E-state index < -0.39 is 40.7 Å². The van der Waals surface area contributed by atoms with Crippen LogP contribution in [0.4, 0.5) is 4.79 Å². The van der Waals surface area contributed by atoms with Crippen molar-refractivity contribution in [2.45, 2.75) is 69.1 Å². The predicted molar refractivity (Wildman–Crippen MR) is 162 cm³/mol. The van der Waals surface area contributed by atoms with E-state index in [0.717, 1.165) is 5.56 Å². The van der Waals surface area contributed by atoms with Crippen molar-refractivity contribution in [3.05, 3.63) is 48.0 Å². The topological polar surface area (TPSA) is 168 Å². The number of hydrogen-bond acceptors (Lipinski definition) is 11. The number of amides is 1. The van der Waals surface area contributed by atoms with E-state index in [2.05, 4.69) is 5.32 Å². The van der Waals surface area contributed by atoms with Gasteiger partial charge in [-0.15, -0.1) is 0 Å². The average Bonchev–Trinajstić information content (AvgIpc) is 3.74. The smallest absolute Gasteiger partial charge is 0.407 e. The van der Waals surface area contributed by atoms with Gasteiger partial charge in [0.1, 0.15) is 18.5 Å². The molecule has 5 rings (SSSR count). The fourth-order valence-corrected chi connectivity index (χ4v) is 7.19. The molecule has 0 radical (unpaired) electrons. The molecule has 1 unspecified atom stereocenters. The van der Waals surface area contributed by atoms with Crippen molar-refractivity contribution in [3.63, 3.8) is 0 Å². The summed E-state index contributed by atoms with van der Waals surface area (Å²) in [6, 6.07) is 10.6. The maximum atomic E-state index is 13.8. The van der Waals surface area contributed by atoms with Gasteiger partial charge in [-0.1, -0.05) is 26.0 Å². The summed E-state index contributed by atoms with van der Waals surface area (Å²) >= 11 is 0. The Morgan fingerprint density at radius 1 is 1.09 bits per heavy atom. The van der Waals surface area contributed by atoms with Crippen molar-refractivity contribution >= 4 is 16.1 Å². The zero-order chi connectivity index (χ0) is 32.1. The first-order chi connectivity index (χ1) is 21.5. The number of aliphatic hydroxyl groups is 1. The summed E-state index contributed by atoms with van der Waals surface area (Å²) in [5, 5.41) is 14.4. The summed E-state index contributed by atoms with van der Waals surface area (Å²) in [4.78, 5) is 13.2. The van der Waals surface area contributed by atoms with Crippen molar-refractivity contribution in [2.75, 3.05) is 39.7 Å². The number of aliphatic hydroxyl groups excluding tert-OH is 1. The van der Waals surface area contributed by atoms with E-state index in [1.54, 1.807) is 18.2 Å². The van der Waals surface area contributed by atoms with E-state index in [4.69, 9.17) is 34.2 Å². The molecule has 3 aliphatic heterocycles. The molecule has 2 aromatic rings. The summed E-state index contributed by atoms with van der Waals surface area (Å²) in [7, 11) is -4.06. The fraction of sp³-hybridized carbons (Fsp3) is 0.581. The molecule has 6 atom stereocenters. The van der Waals surface area contributed by atoms with Gasteiger partial charge in [0.15, 0.2) is 17.8 Å². The molecule has 0 aliphatic carbocycles. The average molecular weight is 650 g/mol. The highest BCUT2D eigenvalue weighted by Gasteiger charge is 2.44. The Hall–Kier alpha value is -3.14. The number of hydrogen-bond donors (Lipinski definition) is 3. The van der Waals surface area contributed by atoms with Crippen molar-refractivity contribution < 1.29 is 46.7 Å². The Morgan fingerprint density at radius 3 is 2.58 bits per heavy atom. The fourth-order valence-electron chi connectivity index (χ4n) is 5.56. The molecule has 13 nitrogen and oxygen atoms in total. The van der Waals surface area contributed by atoms with Gasteiger partial charge in [0.2, 0.25) is 16.8 Å². The lowest BCUT2D eigenvalue weighted by Crippen LogP contribution is -2.51. The Kier molecular flexibility index (Phi) is 10.7. The quantitative estimate of drug-likeness (QED) is 0.275. The molecule has 3 heterocycles. The van der Waals surface area contributed by atoms with Crippen molar-refractivity contribution in [3.8, 4) is 17.2 Å². The number of nitrogens with one attached hydrogen (secondary N) is 1. The van der Waals surface area contributed by atoms with E-state index in [9.17, 15) is 18.3 Å². The number of rotatable bonds is 14. The summed E-state index contributed by atoms with van der Waals surface area (Å²) in [6.07, 6.45) is -1.99. The SMILES string of the molecule is CC(C)CN(C[C@@H](O)[C@H](Cc1ccc(OCC(C)N)cc1)NC(=O)O[C@H]1CO[C@H]2OCC[C@H]21)S(=O)(=O)c1ccc2c(c1)OCO2. The standard InChI is InChI=1S/C31H43N3O10S/c1-19(2)14-34(45(37,38)23-8-9-27-28(13-23)43-18-42-27)15-26(35)25(12-21-4-6-22(7-5-21)40-16-20(3)32)33-31(36)44-29-17-41-30-24(29)10-11-39-30/h4-9,13,19-20,24-26,29-30,35H,10-12,14-18,32H2,1-3H3,(H,33,36)/t20?,24-,25-,26+,29-,30+/m0/s1. The molecular formula is C31H43N3O10S. The molecular weight excluding hydrogens is 606 g/mol. The number of carbonyl (C=O) groups is 1. The van der Waals surface area contributed by atoms with Gasteiger partial charge in [-0.05, 0) is 55.5 Å². The number of fused-ring (bicyclic) bond motifs is 2. The molecule has 2 aromatic carbocycles. The molecule has 0 spiro atoms. The third-order valence-electron chi connectivity index (χ3n) is 7.84. The molecule has 4 N–H and O–H groups in total. The molecule has 45 heavy (non-hydrogen) atoms. The van der Waals surface area contributed by atoms with Crippen LogP contribution in [0.25, 0.3) is 0 Å². The number of nitrogens with zero attached hydrogens (tertiary/aromatic N) is 1. The second-order valence-corrected chi connectivity index (χ2v) is 14.1. The number of nitrogens with two attached hydrogens (primary N) is 1. The van der Waals surface area contributed by atoms with Gasteiger partial charge in [-0.2, -0.15) is 4.31 Å². The van der Waals surface area contributed by atoms with E-state index in [0.29, 0.717) is 36.9 Å². The second-order valence-electron chi connectivity index (χ2n) is 12.2. The maximum Gasteiger partial charge on any atom is 0.407 e. The summed E-state index contributed by atoms with van der Waals surface area (Å²) < 4.78 is 62.2. The van der Waals surface area contributed by atoms with Crippen LogP contribution in [0.1, 0.15) is 32.8 Å². The molecule has 2 fully saturated rings. The Bertz CT molecular complexity index is 1400. The van der Waals surface area contributed by atoms with Gasteiger partial charge in [0.25, 0.3) is 0 Å². The van der Waals surface area contributed by atoms with E-state index in [1.165, 1.54) is 16.4 Å². The molecule has 3 aliphatic rings. The van der Waals surface area contributed by atoms with Crippen molar-refractivity contribution in [2.24, 2.45) is 17.6 Å². The highest BCUT2D eigenvalue weighted by molar-refractivity contribution is 7.89. The third-order valence-corrected chi connectivity index (χ3v) is 9.67. The van der Waals surface area contributed by atoms with Gasteiger partial charge >= 0.3 is 6.09 Å². The van der Waals surface area contributed by atoms with E-state index in [1.807, 2.05) is 32.9 Å². The minimum absolute atomic E-state index is 0.0113. The Labute approximate surface area is 263 Å². The van der Waals surface area contributed by atoms with Crippen LogP contribution in [0.3, 0.4) is 0 Å². The number of alkyl carbamates (subject to hydrolysis) is 1. The van der Waals surface area contributed by atoms with Gasteiger partial charge < -0.3 is 44.6 Å². The predicted octanol–water partition coefficient (Wildman–Crippen LogP) is 2.25. The maximum absolute atomic E-state index is 13.8. The monoisotopic (exact) mass is 649 g/mol. The highest BCUT2D eigenvalue weighted by Crippen LogP contribution is 2.35. The lowest BCUT2D eigenvalue weighted by Gasteiger charge is -2.31. The van der Waals surface area contributed by atoms with Crippen LogP contribution < -0.4 is 25.3 Å². The summed E-state index contributed by atoms with van der Waals surface area (Å²) in [5.41, 5.74) is 6.57. The Morgan fingerprint density at radius 2 is 1.84 bits per heavy atom. The number of ether oxygens (including phenoxy) is 6. The van der Waals surface area contributed by atoms with Crippen LogP contribution in [0.5, 0.6) is 17.2 Å². The van der Waals surface area contributed by atoms with Gasteiger partial charge in [-0.25, -0.2) is 13.2 Å². The molecule has 2 saturated heterocycles. The van der Waals surface area contributed by atoms with Crippen LogP contribution in [0, 0.1) is 11.8 Å². The minimum Gasteiger partial charge on any atom is -0.492 e. The minimum atomic E-state index is -4.06. The largest absolute Gasteiger partial charge is 0.492 e. The second kappa shape index (κ2) is 14.5. The van der Waals surface area contributed by atoms with Gasteiger partial charge in [0.05, 0.1) is 36.2 Å². The highest BCUT2D eigenvalue weighted by atomic mass is 32.2. The van der Waals surface area contributed by atoms with Crippen LogP contribution >= 0.6 is 0 Å². The molecule has 0 aromatic heterocycles.